The highest BCUT2D eigenvalue weighted by Gasteiger charge is 2.27. The summed E-state index contributed by atoms with van der Waals surface area (Å²) < 4.78 is 28.8. The normalized spacial score (nSPS) is 20.5. The molecule has 5 nitrogen and oxygen atoms in total. The van der Waals surface area contributed by atoms with Gasteiger partial charge in [0.05, 0.1) is 11.7 Å². The molecule has 0 bridgehead atoms. The quantitative estimate of drug-likeness (QED) is 0.890. The van der Waals surface area contributed by atoms with Gasteiger partial charge < -0.3 is 5.32 Å². The highest BCUT2D eigenvalue weighted by Crippen LogP contribution is 2.32. The van der Waals surface area contributed by atoms with Crippen molar-refractivity contribution in [3.05, 3.63) is 46.6 Å². The van der Waals surface area contributed by atoms with Gasteiger partial charge in [-0.25, -0.2) is 13.5 Å². The molecule has 0 unspecified atom stereocenters. The molecule has 114 valence electrons. The van der Waals surface area contributed by atoms with Crippen LogP contribution < -0.4 is 10.7 Å². The lowest BCUT2D eigenvalue weighted by Gasteiger charge is -2.21. The van der Waals surface area contributed by atoms with Crippen LogP contribution in [0.5, 0.6) is 0 Å². The van der Waals surface area contributed by atoms with Gasteiger partial charge in [0.25, 0.3) is 0 Å². The molecule has 2 aromatic rings. The summed E-state index contributed by atoms with van der Waals surface area (Å²) >= 11 is 1.36. The first kappa shape index (κ1) is 13.7. The van der Waals surface area contributed by atoms with Gasteiger partial charge in [0.2, 0.25) is 5.16 Å². The molecule has 1 aromatic carbocycles. The van der Waals surface area contributed by atoms with Crippen molar-refractivity contribution in [1.82, 2.24) is 20.2 Å². The fourth-order valence-corrected chi connectivity index (χ4v) is 3.42. The first-order valence-corrected chi connectivity index (χ1v) is 7.88. The van der Waals surface area contributed by atoms with Crippen molar-refractivity contribution < 1.29 is 8.78 Å². The Balaban J connectivity index is 1.67. The zero-order valence-corrected chi connectivity index (χ0v) is 12.3. The van der Waals surface area contributed by atoms with E-state index in [1.807, 2.05) is 0 Å². The van der Waals surface area contributed by atoms with Crippen LogP contribution >= 0.6 is 11.8 Å². The number of rotatable bonds is 2. The Morgan fingerprint density at radius 2 is 2.18 bits per heavy atom. The van der Waals surface area contributed by atoms with Gasteiger partial charge in [-0.2, -0.15) is 0 Å². The molecule has 1 fully saturated rings. The summed E-state index contributed by atoms with van der Waals surface area (Å²) in [5.74, 6) is -0.407. The van der Waals surface area contributed by atoms with Crippen LogP contribution in [0.3, 0.4) is 0 Å². The highest BCUT2D eigenvalue weighted by molar-refractivity contribution is 8.02. The zero-order chi connectivity index (χ0) is 15.1. The van der Waals surface area contributed by atoms with E-state index in [2.05, 4.69) is 20.9 Å². The Bertz CT molecular complexity index is 752. The molecule has 0 amide bonds. The topological polar surface area (TPSA) is 54.8 Å². The number of halogens is 2. The standard InChI is InChI=1S/C14H13F2N5S/c15-8-3-4-9(10(16)6-8)12-7-22-14-19-18-13(21(14)20-12)11-2-1-5-17-11/h3-4,6-7,11,17,20H,1-2,5H2/t11-/m1/s1. The summed E-state index contributed by atoms with van der Waals surface area (Å²) in [6.45, 7) is 0.954. The average molecular weight is 321 g/mol. The molecule has 2 aliphatic heterocycles. The number of nitrogens with one attached hydrogen (secondary N) is 2. The van der Waals surface area contributed by atoms with Gasteiger partial charge in [0, 0.05) is 17.0 Å². The van der Waals surface area contributed by atoms with Crippen LogP contribution in [-0.4, -0.2) is 21.4 Å². The predicted molar refractivity (Wildman–Crippen MR) is 79.6 cm³/mol. The minimum atomic E-state index is -0.601. The van der Waals surface area contributed by atoms with Gasteiger partial charge in [0.1, 0.15) is 11.6 Å². The van der Waals surface area contributed by atoms with Crippen molar-refractivity contribution in [2.75, 3.05) is 12.0 Å². The summed E-state index contributed by atoms with van der Waals surface area (Å²) in [5.41, 5.74) is 4.01. The second-order valence-corrected chi connectivity index (χ2v) is 6.05. The van der Waals surface area contributed by atoms with E-state index in [0.717, 1.165) is 31.3 Å². The minimum absolute atomic E-state index is 0.145. The Labute approximate surface area is 129 Å². The van der Waals surface area contributed by atoms with Gasteiger partial charge in [-0.15, -0.1) is 10.2 Å². The van der Waals surface area contributed by atoms with Gasteiger partial charge in [-0.1, -0.05) is 11.8 Å². The van der Waals surface area contributed by atoms with Crippen LogP contribution in [0.1, 0.15) is 30.3 Å². The third-order valence-corrected chi connectivity index (χ3v) is 4.59. The minimum Gasteiger partial charge on any atom is -0.307 e. The van der Waals surface area contributed by atoms with Gasteiger partial charge in [0.15, 0.2) is 5.82 Å². The first-order chi connectivity index (χ1) is 10.7. The molecule has 0 saturated carbocycles. The lowest BCUT2D eigenvalue weighted by Crippen LogP contribution is -2.25. The van der Waals surface area contributed by atoms with Crippen molar-refractivity contribution in [1.29, 1.82) is 0 Å². The number of thioether (sulfide) groups is 1. The van der Waals surface area contributed by atoms with Crippen molar-refractivity contribution >= 4 is 17.5 Å². The van der Waals surface area contributed by atoms with E-state index in [9.17, 15) is 8.78 Å². The Kier molecular flexibility index (Phi) is 3.34. The van der Waals surface area contributed by atoms with Crippen LogP contribution in [0.15, 0.2) is 28.8 Å². The highest BCUT2D eigenvalue weighted by atomic mass is 32.2. The largest absolute Gasteiger partial charge is 0.307 e. The molecular formula is C14H13F2N5S. The SMILES string of the molecule is Fc1ccc(C2=CSc3nnc([C@H]4CCCN4)n3N2)c(F)c1. The van der Waals surface area contributed by atoms with Crippen LogP contribution in [0.4, 0.5) is 8.78 Å². The van der Waals surface area contributed by atoms with Crippen LogP contribution in [0.25, 0.3) is 5.70 Å². The smallest absolute Gasteiger partial charge is 0.214 e. The molecule has 4 rings (SSSR count). The number of aromatic nitrogens is 3. The lowest BCUT2D eigenvalue weighted by atomic mass is 10.1. The molecule has 1 atom stereocenters. The first-order valence-electron chi connectivity index (χ1n) is 7.00. The molecule has 3 heterocycles. The van der Waals surface area contributed by atoms with Gasteiger partial charge in [-0.05, 0) is 31.5 Å². The van der Waals surface area contributed by atoms with Crippen molar-refractivity contribution in [2.45, 2.75) is 24.0 Å². The molecular weight excluding hydrogens is 308 g/mol. The van der Waals surface area contributed by atoms with Crippen LogP contribution in [0, 0.1) is 11.6 Å². The number of fused-ring (bicyclic) bond motifs is 1. The van der Waals surface area contributed by atoms with Crippen LogP contribution in [0.2, 0.25) is 0 Å². The fourth-order valence-electron chi connectivity index (χ4n) is 2.68. The second kappa shape index (κ2) is 5.36. The second-order valence-electron chi connectivity index (χ2n) is 5.21. The fraction of sp³-hybridized carbons (Fsp3) is 0.286. The number of hydrogen-bond acceptors (Lipinski definition) is 5. The summed E-state index contributed by atoms with van der Waals surface area (Å²) in [4.78, 5) is 0. The van der Waals surface area contributed by atoms with E-state index in [4.69, 9.17) is 0 Å². The third-order valence-electron chi connectivity index (χ3n) is 3.77. The number of nitrogens with zero attached hydrogens (tertiary/aromatic N) is 3. The van der Waals surface area contributed by atoms with Gasteiger partial charge >= 0.3 is 0 Å². The lowest BCUT2D eigenvalue weighted by molar-refractivity contribution is 0.573. The van der Waals surface area contributed by atoms with E-state index in [1.54, 1.807) is 10.1 Å². The molecule has 1 saturated heterocycles. The summed E-state index contributed by atoms with van der Waals surface area (Å²) in [5, 5.41) is 14.2. The maximum absolute atomic E-state index is 14.0. The third kappa shape index (κ3) is 2.28. The predicted octanol–water partition coefficient (Wildman–Crippen LogP) is 2.63. The van der Waals surface area contributed by atoms with Crippen molar-refractivity contribution in [2.24, 2.45) is 0 Å². The van der Waals surface area contributed by atoms with Gasteiger partial charge in [-0.3, -0.25) is 5.43 Å². The molecule has 8 heteroatoms. The number of benzene rings is 1. The Hall–Kier alpha value is -1.93. The molecule has 0 radical (unpaired) electrons. The molecule has 0 spiro atoms. The Morgan fingerprint density at radius 3 is 2.95 bits per heavy atom. The summed E-state index contributed by atoms with van der Waals surface area (Å²) in [6, 6.07) is 3.69. The molecule has 0 aliphatic carbocycles. The molecule has 2 aliphatic rings. The zero-order valence-electron chi connectivity index (χ0n) is 11.5. The van der Waals surface area contributed by atoms with Crippen molar-refractivity contribution in [3.8, 4) is 0 Å². The average Bonchev–Trinajstić information content (AvgIpc) is 3.15. The summed E-state index contributed by atoms with van der Waals surface area (Å²) in [7, 11) is 0. The number of hydrogen-bond donors (Lipinski definition) is 2. The van der Waals surface area contributed by atoms with E-state index in [1.165, 1.54) is 23.9 Å². The van der Waals surface area contributed by atoms with E-state index in [0.29, 0.717) is 16.4 Å². The molecule has 22 heavy (non-hydrogen) atoms. The summed E-state index contributed by atoms with van der Waals surface area (Å²) in [6.07, 6.45) is 2.09. The maximum atomic E-state index is 14.0. The molecule has 2 N–H and O–H groups in total. The van der Waals surface area contributed by atoms with E-state index in [-0.39, 0.29) is 6.04 Å². The monoisotopic (exact) mass is 321 g/mol. The van der Waals surface area contributed by atoms with E-state index >= 15 is 0 Å². The van der Waals surface area contributed by atoms with E-state index < -0.39 is 11.6 Å². The van der Waals surface area contributed by atoms with Crippen LogP contribution in [-0.2, 0) is 0 Å². The van der Waals surface area contributed by atoms with Crippen molar-refractivity contribution in [3.63, 3.8) is 0 Å². The Morgan fingerprint density at radius 1 is 1.27 bits per heavy atom. The maximum Gasteiger partial charge on any atom is 0.214 e. The molecule has 1 aromatic heterocycles.